The van der Waals surface area contributed by atoms with E-state index in [1.54, 1.807) is 13.0 Å². The zero-order chi connectivity index (χ0) is 14.1. The minimum absolute atomic E-state index is 0.00309. The molecule has 0 fully saturated rings. The fourth-order valence-electron chi connectivity index (χ4n) is 1.64. The molecule has 1 aromatic carbocycles. The highest BCUT2D eigenvalue weighted by Gasteiger charge is 2.11. The number of aryl methyl sites for hydroxylation is 1. The van der Waals surface area contributed by atoms with Crippen LogP contribution in [-0.4, -0.2) is 31.1 Å². The van der Waals surface area contributed by atoms with Gasteiger partial charge in [-0.1, -0.05) is 11.3 Å². The van der Waals surface area contributed by atoms with Gasteiger partial charge in [0.25, 0.3) is 0 Å². The fourth-order valence-corrected chi connectivity index (χ4v) is 2.55. The summed E-state index contributed by atoms with van der Waals surface area (Å²) in [6, 6.07) is 4.29. The number of hydrogen-bond donors (Lipinski definition) is 1. The molecule has 0 atom stereocenters. The van der Waals surface area contributed by atoms with E-state index < -0.39 is 0 Å². The van der Waals surface area contributed by atoms with Gasteiger partial charge in [-0.2, -0.15) is 0 Å². The van der Waals surface area contributed by atoms with Gasteiger partial charge in [0.2, 0.25) is 5.91 Å². The number of rotatable bonds is 3. The van der Waals surface area contributed by atoms with Crippen molar-refractivity contribution >= 4 is 32.6 Å². The Morgan fingerprint density at radius 3 is 3.10 bits per heavy atom. The molecule has 9 heteroatoms. The molecule has 7 nitrogen and oxygen atoms in total. The molecule has 1 amide bonds. The molecule has 0 saturated carbocycles. The van der Waals surface area contributed by atoms with Crippen molar-refractivity contribution in [2.24, 2.45) is 0 Å². The molecule has 0 spiro atoms. The van der Waals surface area contributed by atoms with E-state index in [0.29, 0.717) is 21.2 Å². The van der Waals surface area contributed by atoms with Crippen LogP contribution in [0.15, 0.2) is 18.2 Å². The summed E-state index contributed by atoms with van der Waals surface area (Å²) in [6.07, 6.45) is 0. The Labute approximate surface area is 116 Å². The van der Waals surface area contributed by atoms with Crippen LogP contribution in [0.3, 0.4) is 0 Å². The second-order valence-electron chi connectivity index (χ2n) is 4.06. The van der Waals surface area contributed by atoms with E-state index in [1.807, 2.05) is 0 Å². The summed E-state index contributed by atoms with van der Waals surface area (Å²) < 4.78 is 15.1. The maximum Gasteiger partial charge on any atom is 0.248 e. The lowest BCUT2D eigenvalue weighted by atomic mass is 10.3. The molecule has 3 aromatic rings. The average molecular weight is 292 g/mol. The largest absolute Gasteiger partial charge is 0.300 e. The van der Waals surface area contributed by atoms with Crippen LogP contribution in [0.4, 0.5) is 9.52 Å². The topological polar surface area (TPSA) is 85.6 Å². The number of carbonyl (C=O) groups excluding carboxylic acids is 1. The first-order valence-electron chi connectivity index (χ1n) is 5.70. The van der Waals surface area contributed by atoms with Gasteiger partial charge in [-0.3, -0.25) is 4.79 Å². The summed E-state index contributed by atoms with van der Waals surface area (Å²) in [5.41, 5.74) is 0.644. The molecule has 2 heterocycles. The summed E-state index contributed by atoms with van der Waals surface area (Å²) >= 11 is 1.21. The zero-order valence-electron chi connectivity index (χ0n) is 10.4. The Morgan fingerprint density at radius 2 is 2.35 bits per heavy atom. The standard InChI is InChI=1S/C11H9FN6OS/c1-6-15-16-17-18(6)5-10(19)14-11-13-8-3-2-7(12)4-9(8)20-11/h2-4H,5H2,1H3,(H,13,14,19). The number of thiazole rings is 1. The lowest BCUT2D eigenvalue weighted by Crippen LogP contribution is -2.20. The Kier molecular flexibility index (Phi) is 3.11. The smallest absolute Gasteiger partial charge is 0.248 e. The van der Waals surface area contributed by atoms with E-state index in [4.69, 9.17) is 0 Å². The second-order valence-corrected chi connectivity index (χ2v) is 5.09. The van der Waals surface area contributed by atoms with Crippen molar-refractivity contribution < 1.29 is 9.18 Å². The van der Waals surface area contributed by atoms with E-state index in [-0.39, 0.29) is 18.3 Å². The summed E-state index contributed by atoms with van der Waals surface area (Å²) in [4.78, 5) is 16.0. The van der Waals surface area contributed by atoms with Crippen LogP contribution in [0.25, 0.3) is 10.2 Å². The van der Waals surface area contributed by atoms with Gasteiger partial charge >= 0.3 is 0 Å². The minimum Gasteiger partial charge on any atom is -0.300 e. The number of carbonyl (C=O) groups is 1. The third-order valence-electron chi connectivity index (χ3n) is 2.60. The number of hydrogen-bond acceptors (Lipinski definition) is 6. The van der Waals surface area contributed by atoms with Gasteiger partial charge in [0.05, 0.1) is 10.2 Å². The second kappa shape index (κ2) is 4.93. The van der Waals surface area contributed by atoms with Gasteiger partial charge in [-0.25, -0.2) is 14.1 Å². The van der Waals surface area contributed by atoms with Crippen LogP contribution in [0, 0.1) is 12.7 Å². The molecule has 3 rings (SSSR count). The summed E-state index contributed by atoms with van der Waals surface area (Å²) in [6.45, 7) is 1.71. The SMILES string of the molecule is Cc1nnnn1CC(=O)Nc1nc2ccc(F)cc2s1. The third-order valence-corrected chi connectivity index (χ3v) is 3.53. The van der Waals surface area contributed by atoms with Crippen molar-refractivity contribution in [3.8, 4) is 0 Å². The molecule has 0 aliphatic heterocycles. The summed E-state index contributed by atoms with van der Waals surface area (Å²) in [5.74, 6) is -0.0743. The maximum atomic E-state index is 13.1. The van der Waals surface area contributed by atoms with Crippen LogP contribution >= 0.6 is 11.3 Å². The number of fused-ring (bicyclic) bond motifs is 1. The molecule has 0 unspecified atom stereocenters. The molecule has 0 aliphatic carbocycles. The molecule has 1 N–H and O–H groups in total. The van der Waals surface area contributed by atoms with Crippen LogP contribution in [0.2, 0.25) is 0 Å². The number of tetrazole rings is 1. The number of nitrogens with one attached hydrogen (secondary N) is 1. The Hall–Kier alpha value is -2.42. The van der Waals surface area contributed by atoms with Gasteiger partial charge in [0.15, 0.2) is 5.13 Å². The summed E-state index contributed by atoms with van der Waals surface area (Å²) in [5, 5.41) is 13.9. The number of amides is 1. The van der Waals surface area contributed by atoms with E-state index in [2.05, 4.69) is 25.8 Å². The number of anilines is 1. The van der Waals surface area contributed by atoms with Gasteiger partial charge in [0.1, 0.15) is 18.2 Å². The lowest BCUT2D eigenvalue weighted by Gasteiger charge is -2.01. The van der Waals surface area contributed by atoms with Gasteiger partial charge in [0, 0.05) is 0 Å². The molecule has 0 aliphatic rings. The normalized spacial score (nSPS) is 10.9. The summed E-state index contributed by atoms with van der Waals surface area (Å²) in [7, 11) is 0. The van der Waals surface area contributed by atoms with E-state index in [1.165, 1.54) is 28.2 Å². The Bertz CT molecular complexity index is 782. The highest BCUT2D eigenvalue weighted by atomic mass is 32.1. The van der Waals surface area contributed by atoms with E-state index in [0.717, 1.165) is 0 Å². The molecule has 0 bridgehead atoms. The molecular formula is C11H9FN6OS. The van der Waals surface area contributed by atoms with Crippen molar-refractivity contribution in [2.45, 2.75) is 13.5 Å². The van der Waals surface area contributed by atoms with Crippen LogP contribution in [0.5, 0.6) is 0 Å². The van der Waals surface area contributed by atoms with E-state index >= 15 is 0 Å². The molecule has 2 aromatic heterocycles. The first-order chi connectivity index (χ1) is 9.61. The van der Waals surface area contributed by atoms with Crippen LogP contribution < -0.4 is 5.32 Å². The van der Waals surface area contributed by atoms with E-state index in [9.17, 15) is 9.18 Å². The van der Waals surface area contributed by atoms with Gasteiger partial charge < -0.3 is 5.32 Å². The van der Waals surface area contributed by atoms with Crippen molar-refractivity contribution in [3.05, 3.63) is 29.8 Å². The quantitative estimate of drug-likeness (QED) is 0.788. The number of nitrogens with zero attached hydrogens (tertiary/aromatic N) is 5. The minimum atomic E-state index is -0.330. The van der Waals surface area contributed by atoms with Crippen molar-refractivity contribution in [3.63, 3.8) is 0 Å². The number of halogens is 1. The maximum absolute atomic E-state index is 13.1. The predicted octanol–water partition coefficient (Wildman–Crippen LogP) is 1.37. The number of aromatic nitrogens is 5. The molecule has 102 valence electrons. The van der Waals surface area contributed by atoms with Crippen molar-refractivity contribution in [1.82, 2.24) is 25.2 Å². The highest BCUT2D eigenvalue weighted by Crippen LogP contribution is 2.26. The highest BCUT2D eigenvalue weighted by molar-refractivity contribution is 7.22. The van der Waals surface area contributed by atoms with Crippen LogP contribution in [-0.2, 0) is 11.3 Å². The first kappa shape index (κ1) is 12.6. The molecule has 0 saturated heterocycles. The molecular weight excluding hydrogens is 283 g/mol. The monoisotopic (exact) mass is 292 g/mol. The Morgan fingerprint density at radius 1 is 1.50 bits per heavy atom. The molecule has 0 radical (unpaired) electrons. The number of benzene rings is 1. The predicted molar refractivity (Wildman–Crippen MR) is 70.8 cm³/mol. The zero-order valence-corrected chi connectivity index (χ0v) is 11.2. The third kappa shape index (κ3) is 2.48. The van der Waals surface area contributed by atoms with Crippen molar-refractivity contribution in [1.29, 1.82) is 0 Å². The molecule has 20 heavy (non-hydrogen) atoms. The lowest BCUT2D eigenvalue weighted by molar-refractivity contribution is -0.117. The van der Waals surface area contributed by atoms with Crippen LogP contribution in [0.1, 0.15) is 5.82 Å². The Balaban J connectivity index is 1.75. The fraction of sp³-hybridized carbons (Fsp3) is 0.182. The average Bonchev–Trinajstić information content (AvgIpc) is 2.95. The van der Waals surface area contributed by atoms with Gasteiger partial charge in [-0.05, 0) is 35.5 Å². The first-order valence-corrected chi connectivity index (χ1v) is 6.52. The van der Waals surface area contributed by atoms with Crippen molar-refractivity contribution in [2.75, 3.05) is 5.32 Å². The van der Waals surface area contributed by atoms with Gasteiger partial charge in [-0.15, -0.1) is 5.10 Å².